The van der Waals surface area contributed by atoms with Gasteiger partial charge < -0.3 is 4.74 Å². The number of aromatic nitrogens is 3. The molecule has 0 N–H and O–H groups in total. The van der Waals surface area contributed by atoms with Crippen LogP contribution in [0.3, 0.4) is 0 Å². The summed E-state index contributed by atoms with van der Waals surface area (Å²) in [4.78, 5) is 27.7. The van der Waals surface area contributed by atoms with E-state index in [1.54, 1.807) is 40.1 Å². The van der Waals surface area contributed by atoms with Crippen LogP contribution in [0.25, 0.3) is 62.4 Å². The third kappa shape index (κ3) is 5.10. The first-order valence-corrected chi connectivity index (χ1v) is 16.1. The number of hydrogen-bond acceptors (Lipinski definition) is 8. The monoisotopic (exact) mass is 611 g/mol. The molecule has 8 aromatic rings. The van der Waals surface area contributed by atoms with E-state index in [2.05, 4.69) is 30.3 Å². The average molecular weight is 612 g/mol. The molecule has 206 valence electrons. The number of carbonyl (C=O) groups excluding carboxylic acids is 1. The summed E-state index contributed by atoms with van der Waals surface area (Å²) in [5, 5.41) is 2.78. The lowest BCUT2D eigenvalue weighted by atomic mass is 10.1. The summed E-state index contributed by atoms with van der Waals surface area (Å²) in [7, 11) is 0. The Balaban J connectivity index is 1.19. The minimum absolute atomic E-state index is 0.235. The normalized spacial score (nSPS) is 11.4. The first-order valence-electron chi connectivity index (χ1n) is 13.7. The summed E-state index contributed by atoms with van der Waals surface area (Å²) in [5.41, 5.74) is 7.31. The van der Waals surface area contributed by atoms with Crippen LogP contribution in [0.1, 0.15) is 15.9 Å². The molecule has 0 saturated heterocycles. The summed E-state index contributed by atoms with van der Waals surface area (Å²) in [6.45, 7) is 0.235. The van der Waals surface area contributed by atoms with E-state index in [9.17, 15) is 4.79 Å². The Hall–Kier alpha value is -4.76. The molecule has 0 saturated carbocycles. The van der Waals surface area contributed by atoms with E-state index in [0.29, 0.717) is 5.56 Å². The third-order valence-electron chi connectivity index (χ3n) is 7.10. The molecule has 3 heterocycles. The number of hydrogen-bond donors (Lipinski definition) is 0. The fraction of sp³-hybridized carbons (Fsp3) is 0.0286. The van der Waals surface area contributed by atoms with E-state index in [1.807, 2.05) is 78.9 Å². The summed E-state index contributed by atoms with van der Waals surface area (Å²) in [6, 6.07) is 38.1. The number of thiazole rings is 3. The molecule has 0 atom stereocenters. The zero-order valence-corrected chi connectivity index (χ0v) is 25.0. The van der Waals surface area contributed by atoms with Gasteiger partial charge in [-0.3, -0.25) is 0 Å². The number of ether oxygens (including phenoxy) is 1. The van der Waals surface area contributed by atoms with Crippen molar-refractivity contribution in [3.05, 3.63) is 126 Å². The Labute approximate surface area is 258 Å². The first kappa shape index (κ1) is 25.9. The van der Waals surface area contributed by atoms with E-state index in [-0.39, 0.29) is 12.6 Å². The second-order valence-electron chi connectivity index (χ2n) is 10.0. The molecule has 5 aromatic carbocycles. The van der Waals surface area contributed by atoms with Crippen LogP contribution < -0.4 is 0 Å². The second kappa shape index (κ2) is 10.8. The molecule has 0 spiro atoms. The lowest BCUT2D eigenvalue weighted by molar-refractivity contribution is 0.0473. The lowest BCUT2D eigenvalue weighted by Crippen LogP contribution is -2.04. The van der Waals surface area contributed by atoms with Gasteiger partial charge in [0.1, 0.15) is 21.6 Å². The summed E-state index contributed by atoms with van der Waals surface area (Å²) in [6.07, 6.45) is 0. The molecular weight excluding hydrogens is 591 g/mol. The molecule has 0 radical (unpaired) electrons. The van der Waals surface area contributed by atoms with Crippen molar-refractivity contribution in [2.75, 3.05) is 0 Å². The van der Waals surface area contributed by atoms with E-state index < -0.39 is 0 Å². The number of para-hydroxylation sites is 2. The van der Waals surface area contributed by atoms with Gasteiger partial charge >= 0.3 is 5.97 Å². The maximum absolute atomic E-state index is 12.8. The smallest absolute Gasteiger partial charge is 0.338 e. The molecule has 0 aliphatic carbocycles. The van der Waals surface area contributed by atoms with E-state index in [1.165, 1.54) is 0 Å². The third-order valence-corrected chi connectivity index (χ3v) is 10.3. The van der Waals surface area contributed by atoms with Crippen molar-refractivity contribution >= 4 is 70.6 Å². The summed E-state index contributed by atoms with van der Waals surface area (Å²) < 4.78 is 8.79. The van der Waals surface area contributed by atoms with Crippen LogP contribution >= 0.6 is 34.0 Å². The molecular formula is C35H21N3O2S3. The van der Waals surface area contributed by atoms with Gasteiger partial charge in [-0.05, 0) is 66.2 Å². The predicted molar refractivity (Wildman–Crippen MR) is 178 cm³/mol. The quantitative estimate of drug-likeness (QED) is 0.175. The maximum Gasteiger partial charge on any atom is 0.338 e. The van der Waals surface area contributed by atoms with Crippen molar-refractivity contribution in [1.82, 2.24) is 15.0 Å². The molecule has 0 unspecified atom stereocenters. The standard InChI is InChI=1S/C35H21N3O2S3/c39-35(40-20-21-8-2-1-3-9-21)22-14-15-28-31(19-22)43-34(38-28)25-17-23(32-36-26-10-4-6-12-29(26)41-32)16-24(18-25)33-37-27-11-5-7-13-30(27)42-33/h1-19H,20H2. The van der Waals surface area contributed by atoms with Crippen molar-refractivity contribution in [2.24, 2.45) is 0 Å². The molecule has 0 amide bonds. The highest BCUT2D eigenvalue weighted by Gasteiger charge is 2.17. The van der Waals surface area contributed by atoms with Gasteiger partial charge in [-0.15, -0.1) is 34.0 Å². The molecule has 3 aromatic heterocycles. The van der Waals surface area contributed by atoms with E-state index >= 15 is 0 Å². The summed E-state index contributed by atoms with van der Waals surface area (Å²) >= 11 is 4.92. The Morgan fingerprint density at radius 1 is 0.535 bits per heavy atom. The Morgan fingerprint density at radius 3 is 1.58 bits per heavy atom. The molecule has 0 bridgehead atoms. The van der Waals surface area contributed by atoms with Gasteiger partial charge in [0.15, 0.2) is 0 Å². The Bertz CT molecular complexity index is 2130. The Morgan fingerprint density at radius 2 is 1.02 bits per heavy atom. The van der Waals surface area contributed by atoms with Gasteiger partial charge in [0.2, 0.25) is 0 Å². The number of benzene rings is 5. The van der Waals surface area contributed by atoms with E-state index in [0.717, 1.165) is 67.9 Å². The fourth-order valence-electron chi connectivity index (χ4n) is 4.97. The van der Waals surface area contributed by atoms with Gasteiger partial charge in [0.05, 0.1) is 36.2 Å². The highest BCUT2D eigenvalue weighted by molar-refractivity contribution is 7.22. The van der Waals surface area contributed by atoms with Crippen molar-refractivity contribution in [3.63, 3.8) is 0 Å². The van der Waals surface area contributed by atoms with Crippen LogP contribution in [0.15, 0.2) is 115 Å². The molecule has 5 nitrogen and oxygen atoms in total. The van der Waals surface area contributed by atoms with Crippen molar-refractivity contribution in [2.45, 2.75) is 6.61 Å². The molecule has 43 heavy (non-hydrogen) atoms. The predicted octanol–water partition coefficient (Wildman–Crippen LogP) is 9.87. The van der Waals surface area contributed by atoms with Crippen LogP contribution in [0.2, 0.25) is 0 Å². The zero-order valence-electron chi connectivity index (χ0n) is 22.6. The molecule has 0 fully saturated rings. The first-order chi connectivity index (χ1) is 21.2. The van der Waals surface area contributed by atoms with Gasteiger partial charge in [0, 0.05) is 16.7 Å². The number of fused-ring (bicyclic) bond motifs is 3. The fourth-order valence-corrected chi connectivity index (χ4v) is 7.87. The van der Waals surface area contributed by atoms with Crippen molar-refractivity contribution in [3.8, 4) is 31.7 Å². The highest BCUT2D eigenvalue weighted by atomic mass is 32.1. The van der Waals surface area contributed by atoms with Crippen molar-refractivity contribution < 1.29 is 9.53 Å². The van der Waals surface area contributed by atoms with Crippen LogP contribution in [0.5, 0.6) is 0 Å². The number of carbonyl (C=O) groups is 1. The number of rotatable bonds is 6. The molecule has 8 rings (SSSR count). The lowest BCUT2D eigenvalue weighted by Gasteiger charge is -2.05. The average Bonchev–Trinajstić information content (AvgIpc) is 3.80. The highest BCUT2D eigenvalue weighted by Crippen LogP contribution is 2.40. The maximum atomic E-state index is 12.8. The largest absolute Gasteiger partial charge is 0.457 e. The van der Waals surface area contributed by atoms with Gasteiger partial charge in [-0.2, -0.15) is 0 Å². The molecule has 0 aliphatic rings. The Kier molecular flexibility index (Phi) is 6.52. The minimum atomic E-state index is -0.350. The van der Waals surface area contributed by atoms with Gasteiger partial charge in [-0.1, -0.05) is 54.6 Å². The van der Waals surface area contributed by atoms with Crippen LogP contribution in [-0.4, -0.2) is 20.9 Å². The number of esters is 1. The topological polar surface area (TPSA) is 65.0 Å². The zero-order chi connectivity index (χ0) is 28.8. The van der Waals surface area contributed by atoms with Crippen LogP contribution in [-0.2, 0) is 11.3 Å². The minimum Gasteiger partial charge on any atom is -0.457 e. The van der Waals surface area contributed by atoms with Gasteiger partial charge in [0.25, 0.3) is 0 Å². The van der Waals surface area contributed by atoms with Crippen LogP contribution in [0, 0.1) is 0 Å². The molecule has 0 aliphatic heterocycles. The van der Waals surface area contributed by atoms with E-state index in [4.69, 9.17) is 19.7 Å². The van der Waals surface area contributed by atoms with Crippen LogP contribution in [0.4, 0.5) is 0 Å². The molecule has 8 heteroatoms. The number of nitrogens with zero attached hydrogens (tertiary/aromatic N) is 3. The van der Waals surface area contributed by atoms with Crippen molar-refractivity contribution in [1.29, 1.82) is 0 Å². The second-order valence-corrected chi connectivity index (χ2v) is 13.1. The SMILES string of the molecule is O=C(OCc1ccccc1)c1ccc2nc(-c3cc(-c4nc5ccccc5s4)cc(-c4nc5ccccc5s4)c3)sc2c1. The summed E-state index contributed by atoms with van der Waals surface area (Å²) in [5.74, 6) is -0.350. The van der Waals surface area contributed by atoms with Gasteiger partial charge in [-0.25, -0.2) is 19.7 Å².